The average Bonchev–Trinajstić information content (AvgIpc) is 2.39. The molecular formula is C14H18ClNO3. The van der Waals surface area contributed by atoms with Crippen LogP contribution in [0.3, 0.4) is 0 Å². The first kappa shape index (κ1) is 14.1. The Morgan fingerprint density at radius 1 is 1.16 bits per heavy atom. The molecule has 1 aromatic heterocycles. The molecule has 0 aromatic carbocycles. The zero-order chi connectivity index (χ0) is 12.5. The van der Waals surface area contributed by atoms with Crippen LogP contribution in [0.5, 0.6) is 0 Å². The van der Waals surface area contributed by atoms with Gasteiger partial charge in [-0.1, -0.05) is 19.3 Å². The summed E-state index contributed by atoms with van der Waals surface area (Å²) in [7, 11) is 0. The van der Waals surface area contributed by atoms with Crippen LogP contribution in [0.25, 0.3) is 0 Å². The summed E-state index contributed by atoms with van der Waals surface area (Å²) in [5.41, 5.74) is 1.79. The van der Waals surface area contributed by atoms with E-state index in [0.717, 1.165) is 24.1 Å². The minimum Gasteiger partial charge on any atom is -0.462 e. The van der Waals surface area contributed by atoms with E-state index in [0.29, 0.717) is 18.9 Å². The lowest BCUT2D eigenvalue weighted by Crippen LogP contribution is -2.29. The Morgan fingerprint density at radius 3 is 2.63 bits per heavy atom. The standard InChI is InChI=1S/C14H17NO3.ClH/c16-13-12-10(6-7-18-14(12)17)8-11(15-13)9-4-2-1-3-5-9;/h8-9H,1-7H2,(H,15,16);1H. The first-order valence-corrected chi connectivity index (χ1v) is 6.69. The molecule has 1 aliphatic carbocycles. The van der Waals surface area contributed by atoms with Crippen LogP contribution in [0.15, 0.2) is 10.9 Å². The number of hydrogen-bond acceptors (Lipinski definition) is 3. The van der Waals surface area contributed by atoms with Gasteiger partial charge in [0.2, 0.25) is 0 Å². The van der Waals surface area contributed by atoms with Gasteiger partial charge in [-0.25, -0.2) is 4.79 Å². The molecule has 3 rings (SSSR count). The van der Waals surface area contributed by atoms with Gasteiger partial charge in [-0.2, -0.15) is 0 Å². The fourth-order valence-corrected chi connectivity index (χ4v) is 3.02. The van der Waals surface area contributed by atoms with E-state index < -0.39 is 5.97 Å². The molecule has 1 N–H and O–H groups in total. The summed E-state index contributed by atoms with van der Waals surface area (Å²) < 4.78 is 4.91. The quantitative estimate of drug-likeness (QED) is 0.806. The summed E-state index contributed by atoms with van der Waals surface area (Å²) in [5, 5.41) is 0. The number of rotatable bonds is 1. The predicted molar refractivity (Wildman–Crippen MR) is 74.1 cm³/mol. The molecule has 1 saturated carbocycles. The molecule has 4 nitrogen and oxygen atoms in total. The number of aromatic amines is 1. The Bertz CT molecular complexity index is 532. The Kier molecular flexibility index (Phi) is 4.30. The normalized spacial score (nSPS) is 19.3. The summed E-state index contributed by atoms with van der Waals surface area (Å²) >= 11 is 0. The molecule has 0 unspecified atom stereocenters. The molecule has 0 atom stereocenters. The van der Waals surface area contributed by atoms with Gasteiger partial charge >= 0.3 is 5.97 Å². The van der Waals surface area contributed by atoms with E-state index in [1.165, 1.54) is 19.3 Å². The second kappa shape index (κ2) is 5.78. The zero-order valence-corrected chi connectivity index (χ0v) is 11.6. The largest absolute Gasteiger partial charge is 0.462 e. The van der Waals surface area contributed by atoms with Crippen molar-refractivity contribution in [1.82, 2.24) is 4.98 Å². The maximum Gasteiger partial charge on any atom is 0.344 e. The third-order valence-electron chi connectivity index (χ3n) is 3.99. The number of esters is 1. The number of pyridine rings is 1. The first-order valence-electron chi connectivity index (χ1n) is 6.69. The smallest absolute Gasteiger partial charge is 0.344 e. The van der Waals surface area contributed by atoms with Crippen LogP contribution in [-0.2, 0) is 11.2 Å². The molecule has 0 amide bonds. The van der Waals surface area contributed by atoms with Crippen LogP contribution in [-0.4, -0.2) is 17.6 Å². The summed E-state index contributed by atoms with van der Waals surface area (Å²) in [6.45, 7) is 0.388. The van der Waals surface area contributed by atoms with Crippen molar-refractivity contribution in [3.05, 3.63) is 33.2 Å². The maximum atomic E-state index is 12.0. The first-order chi connectivity index (χ1) is 8.75. The lowest BCUT2D eigenvalue weighted by molar-refractivity contribution is 0.0477. The van der Waals surface area contributed by atoms with Gasteiger partial charge in [-0.3, -0.25) is 4.79 Å². The maximum absolute atomic E-state index is 12.0. The van der Waals surface area contributed by atoms with E-state index >= 15 is 0 Å². The average molecular weight is 284 g/mol. The van der Waals surface area contributed by atoms with Crippen molar-refractivity contribution in [1.29, 1.82) is 0 Å². The van der Waals surface area contributed by atoms with Crippen molar-refractivity contribution in [2.75, 3.05) is 6.61 Å². The fraction of sp³-hybridized carbons (Fsp3) is 0.571. The molecule has 5 heteroatoms. The van der Waals surface area contributed by atoms with Gasteiger partial charge in [0.15, 0.2) is 0 Å². The third kappa shape index (κ3) is 2.68. The number of halogens is 1. The number of H-pyrrole nitrogens is 1. The Hall–Kier alpha value is -1.29. The number of nitrogens with one attached hydrogen (secondary N) is 1. The fourth-order valence-electron chi connectivity index (χ4n) is 3.02. The highest BCUT2D eigenvalue weighted by atomic mass is 35.5. The van der Waals surface area contributed by atoms with Gasteiger partial charge in [0.1, 0.15) is 5.56 Å². The SMILES string of the molecule is Cl.O=C1OCCc2cc(C3CCCCC3)[nH]c(=O)c21. The molecule has 0 radical (unpaired) electrons. The summed E-state index contributed by atoms with van der Waals surface area (Å²) in [5.74, 6) is -0.0256. The van der Waals surface area contributed by atoms with E-state index in [1.807, 2.05) is 6.07 Å². The molecule has 104 valence electrons. The Labute approximate surface area is 118 Å². The molecule has 1 aromatic rings. The molecule has 1 fully saturated rings. The predicted octanol–water partition coefficient (Wildman–Crippen LogP) is 2.56. The van der Waals surface area contributed by atoms with Gasteiger partial charge in [-0.15, -0.1) is 12.4 Å². The molecule has 2 aliphatic rings. The van der Waals surface area contributed by atoms with Crippen molar-refractivity contribution in [3.8, 4) is 0 Å². The monoisotopic (exact) mass is 283 g/mol. The number of aromatic nitrogens is 1. The number of carbonyl (C=O) groups excluding carboxylic acids is 1. The van der Waals surface area contributed by atoms with E-state index in [2.05, 4.69) is 4.98 Å². The van der Waals surface area contributed by atoms with Gasteiger partial charge in [-0.05, 0) is 30.4 Å². The molecule has 0 spiro atoms. The van der Waals surface area contributed by atoms with Crippen molar-refractivity contribution < 1.29 is 9.53 Å². The van der Waals surface area contributed by atoms with Crippen LogP contribution in [0.1, 0.15) is 59.6 Å². The van der Waals surface area contributed by atoms with E-state index in [9.17, 15) is 9.59 Å². The highest BCUT2D eigenvalue weighted by Crippen LogP contribution is 2.32. The van der Waals surface area contributed by atoms with Crippen LogP contribution in [0.2, 0.25) is 0 Å². The van der Waals surface area contributed by atoms with Crippen molar-refractivity contribution in [3.63, 3.8) is 0 Å². The zero-order valence-electron chi connectivity index (χ0n) is 10.7. The third-order valence-corrected chi connectivity index (χ3v) is 3.99. The molecular weight excluding hydrogens is 266 g/mol. The highest BCUT2D eigenvalue weighted by Gasteiger charge is 2.25. The molecule has 19 heavy (non-hydrogen) atoms. The summed E-state index contributed by atoms with van der Waals surface area (Å²) in [6, 6.07) is 2.01. The van der Waals surface area contributed by atoms with Crippen molar-refractivity contribution in [2.45, 2.75) is 44.4 Å². The van der Waals surface area contributed by atoms with Crippen molar-refractivity contribution in [2.24, 2.45) is 0 Å². The second-order valence-electron chi connectivity index (χ2n) is 5.17. The van der Waals surface area contributed by atoms with Gasteiger partial charge in [0, 0.05) is 12.1 Å². The van der Waals surface area contributed by atoms with Gasteiger partial charge < -0.3 is 9.72 Å². The highest BCUT2D eigenvalue weighted by molar-refractivity contribution is 5.91. The topological polar surface area (TPSA) is 59.2 Å². The lowest BCUT2D eigenvalue weighted by atomic mass is 9.85. The van der Waals surface area contributed by atoms with Crippen LogP contribution in [0.4, 0.5) is 0 Å². The number of carbonyl (C=O) groups is 1. The number of fused-ring (bicyclic) bond motifs is 1. The number of hydrogen-bond donors (Lipinski definition) is 1. The molecule has 1 aliphatic heterocycles. The minimum atomic E-state index is -0.479. The van der Waals surface area contributed by atoms with E-state index in [4.69, 9.17) is 4.74 Å². The lowest BCUT2D eigenvalue weighted by Gasteiger charge is -2.23. The van der Waals surface area contributed by atoms with Crippen LogP contribution in [0, 0.1) is 0 Å². The molecule has 0 bridgehead atoms. The number of ether oxygens (including phenoxy) is 1. The number of cyclic esters (lactones) is 1. The summed E-state index contributed by atoms with van der Waals surface area (Å²) in [6.07, 6.45) is 6.68. The Morgan fingerprint density at radius 2 is 1.89 bits per heavy atom. The van der Waals surface area contributed by atoms with Crippen molar-refractivity contribution >= 4 is 18.4 Å². The molecule has 2 heterocycles. The van der Waals surface area contributed by atoms with Gasteiger partial charge in [0.25, 0.3) is 5.56 Å². The van der Waals surface area contributed by atoms with Gasteiger partial charge in [0.05, 0.1) is 6.61 Å². The summed E-state index contributed by atoms with van der Waals surface area (Å²) in [4.78, 5) is 26.4. The minimum absolute atomic E-state index is 0. The molecule has 0 saturated heterocycles. The van der Waals surface area contributed by atoms with E-state index in [1.54, 1.807) is 0 Å². The van der Waals surface area contributed by atoms with Crippen LogP contribution >= 0.6 is 12.4 Å². The Balaban J connectivity index is 0.00000133. The van der Waals surface area contributed by atoms with E-state index in [-0.39, 0.29) is 23.5 Å². The second-order valence-corrected chi connectivity index (χ2v) is 5.17. The van der Waals surface area contributed by atoms with Crippen LogP contribution < -0.4 is 5.56 Å².